The van der Waals surface area contributed by atoms with Crippen LogP contribution in [0.25, 0.3) is 0 Å². The molecule has 0 atom stereocenters. The number of anilines is 1. The molecule has 122 valence electrons. The molecule has 1 heterocycles. The first-order valence-corrected chi connectivity index (χ1v) is 7.21. The average molecular weight is 338 g/mol. The van der Waals surface area contributed by atoms with Gasteiger partial charge in [-0.15, -0.1) is 5.10 Å². The van der Waals surface area contributed by atoms with Gasteiger partial charge in [-0.1, -0.05) is 23.7 Å². The van der Waals surface area contributed by atoms with Crippen molar-refractivity contribution in [2.24, 2.45) is 0 Å². The molecule has 0 spiro atoms. The van der Waals surface area contributed by atoms with Crippen LogP contribution < -0.4 is 10.6 Å². The number of aromatic nitrogens is 3. The van der Waals surface area contributed by atoms with Crippen LogP contribution in [0.15, 0.2) is 30.5 Å². The van der Waals surface area contributed by atoms with Gasteiger partial charge in [0.25, 0.3) is 0 Å². The Kier molecular flexibility index (Phi) is 5.93. The predicted octanol–water partition coefficient (Wildman–Crippen LogP) is 1.47. The fraction of sp³-hybridized carbons (Fsp3) is 0.286. The number of hydrogen-bond donors (Lipinski definition) is 2. The second kappa shape index (κ2) is 8.14. The van der Waals surface area contributed by atoms with Gasteiger partial charge in [-0.3, -0.25) is 10.1 Å². The molecule has 8 nitrogen and oxygen atoms in total. The van der Waals surface area contributed by atoms with Gasteiger partial charge in [-0.05, 0) is 24.1 Å². The third kappa shape index (κ3) is 5.59. The Morgan fingerprint density at radius 3 is 2.96 bits per heavy atom. The quantitative estimate of drug-likeness (QED) is 0.831. The van der Waals surface area contributed by atoms with Crippen LogP contribution in [0.5, 0.6) is 0 Å². The molecule has 0 aliphatic carbocycles. The Morgan fingerprint density at radius 2 is 2.22 bits per heavy atom. The number of benzene rings is 1. The summed E-state index contributed by atoms with van der Waals surface area (Å²) in [6.07, 6.45) is 1.35. The van der Waals surface area contributed by atoms with E-state index in [1.165, 1.54) is 18.1 Å². The van der Waals surface area contributed by atoms with Crippen molar-refractivity contribution in [2.75, 3.05) is 19.0 Å². The number of hydrogen-bond acceptors (Lipinski definition) is 5. The molecule has 0 unspecified atom stereocenters. The number of halogens is 1. The van der Waals surface area contributed by atoms with E-state index in [0.717, 1.165) is 5.56 Å². The monoisotopic (exact) mass is 337 g/mol. The molecule has 0 saturated heterocycles. The minimum Gasteiger partial charge on any atom is -0.453 e. The van der Waals surface area contributed by atoms with Crippen molar-refractivity contribution in [1.82, 2.24) is 20.3 Å². The lowest BCUT2D eigenvalue weighted by Crippen LogP contribution is -2.30. The third-order valence-electron chi connectivity index (χ3n) is 2.86. The van der Waals surface area contributed by atoms with E-state index in [1.54, 1.807) is 6.07 Å². The van der Waals surface area contributed by atoms with Gasteiger partial charge in [-0.25, -0.2) is 4.79 Å². The largest absolute Gasteiger partial charge is 0.453 e. The van der Waals surface area contributed by atoms with Gasteiger partial charge >= 0.3 is 6.09 Å². The fourth-order valence-corrected chi connectivity index (χ4v) is 2.02. The summed E-state index contributed by atoms with van der Waals surface area (Å²) in [4.78, 5) is 24.0. The zero-order chi connectivity index (χ0) is 16.7. The van der Waals surface area contributed by atoms with Gasteiger partial charge < -0.3 is 10.1 Å². The summed E-state index contributed by atoms with van der Waals surface area (Å²) in [7, 11) is 1.24. The number of carbonyl (C=O) groups excluding carboxylic acids is 2. The summed E-state index contributed by atoms with van der Waals surface area (Å²) in [6, 6.07) is 7.46. The lowest BCUT2D eigenvalue weighted by molar-refractivity contribution is -0.122. The van der Waals surface area contributed by atoms with Gasteiger partial charge in [0, 0.05) is 11.6 Å². The van der Waals surface area contributed by atoms with E-state index < -0.39 is 6.09 Å². The Morgan fingerprint density at radius 1 is 1.39 bits per heavy atom. The van der Waals surface area contributed by atoms with Crippen LogP contribution in [-0.4, -0.2) is 40.6 Å². The third-order valence-corrected chi connectivity index (χ3v) is 3.10. The average Bonchev–Trinajstić information content (AvgIpc) is 2.94. The Bertz CT molecular complexity index is 689. The Balaban J connectivity index is 1.75. The van der Waals surface area contributed by atoms with Crippen LogP contribution in [0.1, 0.15) is 5.56 Å². The van der Waals surface area contributed by atoms with Gasteiger partial charge in [0.15, 0.2) is 5.82 Å². The van der Waals surface area contributed by atoms with Crippen molar-refractivity contribution in [3.63, 3.8) is 0 Å². The maximum Gasteiger partial charge on any atom is 0.412 e. The zero-order valence-corrected chi connectivity index (χ0v) is 13.2. The number of nitrogens with zero attached hydrogens (tertiary/aromatic N) is 3. The van der Waals surface area contributed by atoms with Crippen molar-refractivity contribution in [3.05, 3.63) is 41.0 Å². The minimum atomic E-state index is -0.650. The normalized spacial score (nSPS) is 10.2. The SMILES string of the molecule is COC(=O)Nc1cnn(CC(=O)NCCc2cccc(Cl)c2)n1. The van der Waals surface area contributed by atoms with Crippen molar-refractivity contribution >= 4 is 29.4 Å². The van der Waals surface area contributed by atoms with Crippen molar-refractivity contribution in [1.29, 1.82) is 0 Å². The molecule has 23 heavy (non-hydrogen) atoms. The molecule has 0 saturated carbocycles. The molecule has 2 N–H and O–H groups in total. The van der Waals surface area contributed by atoms with Crippen LogP contribution in [0.2, 0.25) is 5.02 Å². The van der Waals surface area contributed by atoms with Crippen LogP contribution in [0, 0.1) is 0 Å². The summed E-state index contributed by atoms with van der Waals surface area (Å²) in [6.45, 7) is 0.437. The van der Waals surface area contributed by atoms with Crippen LogP contribution in [0.4, 0.5) is 10.6 Å². The first-order valence-electron chi connectivity index (χ1n) is 6.83. The molecule has 0 aliphatic heterocycles. The van der Waals surface area contributed by atoms with E-state index in [0.29, 0.717) is 18.0 Å². The molecule has 2 aromatic rings. The second-order valence-corrected chi connectivity index (χ2v) is 5.04. The molecule has 2 rings (SSSR count). The molecule has 2 amide bonds. The maximum absolute atomic E-state index is 11.8. The van der Waals surface area contributed by atoms with Crippen LogP contribution in [-0.2, 0) is 22.5 Å². The number of nitrogens with one attached hydrogen (secondary N) is 2. The highest BCUT2D eigenvalue weighted by molar-refractivity contribution is 6.30. The van der Waals surface area contributed by atoms with E-state index in [1.807, 2.05) is 18.2 Å². The first-order chi connectivity index (χ1) is 11.1. The molecule has 0 bridgehead atoms. The predicted molar refractivity (Wildman–Crippen MR) is 84.2 cm³/mol. The van der Waals surface area contributed by atoms with E-state index in [9.17, 15) is 9.59 Å². The molecule has 0 fully saturated rings. The topological polar surface area (TPSA) is 98.1 Å². The molecular formula is C14H16ClN5O3. The molecule has 0 radical (unpaired) electrons. The molecule has 1 aromatic heterocycles. The lowest BCUT2D eigenvalue weighted by atomic mass is 10.1. The van der Waals surface area contributed by atoms with Gasteiger partial charge in [0.05, 0.1) is 13.3 Å². The molecule has 9 heteroatoms. The van der Waals surface area contributed by atoms with E-state index in [4.69, 9.17) is 11.6 Å². The second-order valence-electron chi connectivity index (χ2n) is 4.61. The molecule has 0 aliphatic rings. The number of methoxy groups -OCH3 is 1. The van der Waals surface area contributed by atoms with E-state index >= 15 is 0 Å². The highest BCUT2D eigenvalue weighted by Gasteiger charge is 2.08. The van der Waals surface area contributed by atoms with Crippen LogP contribution >= 0.6 is 11.6 Å². The number of carbonyl (C=O) groups is 2. The van der Waals surface area contributed by atoms with Gasteiger partial charge in [0.2, 0.25) is 5.91 Å². The summed E-state index contributed by atoms with van der Waals surface area (Å²) < 4.78 is 4.43. The number of amides is 2. The van der Waals surface area contributed by atoms with Gasteiger partial charge in [0.1, 0.15) is 6.54 Å². The Labute approximate surface area is 137 Å². The summed E-state index contributed by atoms with van der Waals surface area (Å²) in [5.74, 6) is -0.0178. The first kappa shape index (κ1) is 16.8. The van der Waals surface area contributed by atoms with Crippen molar-refractivity contribution in [2.45, 2.75) is 13.0 Å². The van der Waals surface area contributed by atoms with E-state index in [2.05, 4.69) is 25.6 Å². The van der Waals surface area contributed by atoms with Crippen molar-refractivity contribution < 1.29 is 14.3 Å². The summed E-state index contributed by atoms with van der Waals surface area (Å²) in [5.41, 5.74) is 1.04. The number of rotatable bonds is 6. The van der Waals surface area contributed by atoms with Gasteiger partial charge in [-0.2, -0.15) is 9.90 Å². The fourth-order valence-electron chi connectivity index (χ4n) is 1.81. The molecule has 1 aromatic carbocycles. The van der Waals surface area contributed by atoms with Crippen molar-refractivity contribution in [3.8, 4) is 0 Å². The van der Waals surface area contributed by atoms with Crippen LogP contribution in [0.3, 0.4) is 0 Å². The maximum atomic E-state index is 11.8. The zero-order valence-electron chi connectivity index (χ0n) is 12.5. The minimum absolute atomic E-state index is 0.0433. The lowest BCUT2D eigenvalue weighted by Gasteiger charge is -2.05. The smallest absolute Gasteiger partial charge is 0.412 e. The summed E-state index contributed by atoms with van der Waals surface area (Å²) >= 11 is 5.90. The van der Waals surface area contributed by atoms with E-state index in [-0.39, 0.29) is 18.3 Å². The Hall–Kier alpha value is -2.61. The summed E-state index contributed by atoms with van der Waals surface area (Å²) in [5, 5.41) is 13.6. The highest BCUT2D eigenvalue weighted by atomic mass is 35.5. The molecular weight excluding hydrogens is 322 g/mol. The standard InChI is InChI=1S/C14H16ClN5O3/c1-23-14(22)18-12-8-17-20(19-12)9-13(21)16-6-5-10-3-2-4-11(15)7-10/h2-4,7-8H,5-6,9H2,1H3,(H,16,21)(H,18,19,22). The highest BCUT2D eigenvalue weighted by Crippen LogP contribution is 2.10. The number of ether oxygens (including phenoxy) is 1.